The van der Waals surface area contributed by atoms with Crippen LogP contribution in [0.15, 0.2) is 18.3 Å². The number of Topliss-reactive ketones (excluding diaryl/α,β-unsaturated/α-hetero) is 1. The molecule has 0 radical (unpaired) electrons. The number of hydrogen-bond acceptors (Lipinski definition) is 4. The largest absolute Gasteiger partial charge is 0.480 e. The molecule has 1 heterocycles. The van der Waals surface area contributed by atoms with Gasteiger partial charge in [0.15, 0.2) is 5.78 Å². The van der Waals surface area contributed by atoms with Crippen LogP contribution in [-0.2, 0) is 4.74 Å². The number of carbonyl (C=O) groups excluding carboxylic acids is 1. The first-order valence-electron chi connectivity index (χ1n) is 4.89. The first-order chi connectivity index (χ1) is 7.29. The van der Waals surface area contributed by atoms with E-state index < -0.39 is 0 Å². The predicted molar refractivity (Wildman–Crippen MR) is 56.2 cm³/mol. The molecule has 0 aromatic carbocycles. The Bertz CT molecular complexity index is 325. The molecule has 0 aliphatic heterocycles. The SMILES string of the molecule is CCCOCC(=O)c1cccnc1OC. The molecule has 0 amide bonds. The van der Waals surface area contributed by atoms with Crippen molar-refractivity contribution >= 4 is 5.78 Å². The summed E-state index contributed by atoms with van der Waals surface area (Å²) in [6.07, 6.45) is 2.49. The number of carbonyl (C=O) groups is 1. The number of methoxy groups -OCH3 is 1. The van der Waals surface area contributed by atoms with Crippen LogP contribution in [0.2, 0.25) is 0 Å². The fourth-order valence-electron chi connectivity index (χ4n) is 1.15. The van der Waals surface area contributed by atoms with E-state index in [-0.39, 0.29) is 12.4 Å². The van der Waals surface area contributed by atoms with Crippen molar-refractivity contribution in [2.24, 2.45) is 0 Å². The lowest BCUT2D eigenvalue weighted by Crippen LogP contribution is -2.11. The van der Waals surface area contributed by atoms with Crippen molar-refractivity contribution in [1.82, 2.24) is 4.98 Å². The topological polar surface area (TPSA) is 48.4 Å². The van der Waals surface area contributed by atoms with Crippen LogP contribution >= 0.6 is 0 Å². The maximum Gasteiger partial charge on any atom is 0.224 e. The molecule has 1 aromatic heterocycles. The predicted octanol–water partition coefficient (Wildman–Crippen LogP) is 1.70. The van der Waals surface area contributed by atoms with Gasteiger partial charge in [-0.05, 0) is 18.6 Å². The lowest BCUT2D eigenvalue weighted by atomic mass is 10.2. The number of hydrogen-bond donors (Lipinski definition) is 0. The number of nitrogens with zero attached hydrogens (tertiary/aromatic N) is 1. The second-order valence-corrected chi connectivity index (χ2v) is 3.04. The van der Waals surface area contributed by atoms with Crippen LogP contribution in [0.25, 0.3) is 0 Å². The first kappa shape index (κ1) is 11.7. The quantitative estimate of drug-likeness (QED) is 0.528. The summed E-state index contributed by atoms with van der Waals surface area (Å²) in [5, 5.41) is 0. The van der Waals surface area contributed by atoms with E-state index in [9.17, 15) is 4.79 Å². The van der Waals surface area contributed by atoms with Gasteiger partial charge in [-0.2, -0.15) is 0 Å². The van der Waals surface area contributed by atoms with Gasteiger partial charge in [0.2, 0.25) is 5.88 Å². The van der Waals surface area contributed by atoms with Gasteiger partial charge >= 0.3 is 0 Å². The molecular weight excluding hydrogens is 194 g/mol. The Morgan fingerprint density at radius 3 is 3.00 bits per heavy atom. The van der Waals surface area contributed by atoms with Crippen LogP contribution in [0.1, 0.15) is 23.7 Å². The molecule has 0 fully saturated rings. The summed E-state index contributed by atoms with van der Waals surface area (Å²) in [4.78, 5) is 15.6. The highest BCUT2D eigenvalue weighted by molar-refractivity contribution is 5.99. The number of pyridine rings is 1. The van der Waals surface area contributed by atoms with Crippen molar-refractivity contribution in [3.63, 3.8) is 0 Å². The zero-order valence-corrected chi connectivity index (χ0v) is 9.03. The van der Waals surface area contributed by atoms with Gasteiger partial charge in [0.1, 0.15) is 6.61 Å². The highest BCUT2D eigenvalue weighted by atomic mass is 16.5. The highest BCUT2D eigenvalue weighted by Gasteiger charge is 2.12. The van der Waals surface area contributed by atoms with E-state index in [2.05, 4.69) is 4.98 Å². The molecule has 4 nitrogen and oxygen atoms in total. The first-order valence-corrected chi connectivity index (χ1v) is 4.89. The monoisotopic (exact) mass is 209 g/mol. The van der Waals surface area contributed by atoms with E-state index in [4.69, 9.17) is 9.47 Å². The molecule has 0 saturated carbocycles. The highest BCUT2D eigenvalue weighted by Crippen LogP contribution is 2.14. The zero-order valence-electron chi connectivity index (χ0n) is 9.03. The Morgan fingerprint density at radius 2 is 2.33 bits per heavy atom. The lowest BCUT2D eigenvalue weighted by Gasteiger charge is -2.05. The van der Waals surface area contributed by atoms with Crippen molar-refractivity contribution in [2.75, 3.05) is 20.3 Å². The fraction of sp³-hybridized carbons (Fsp3) is 0.455. The molecule has 0 spiro atoms. The van der Waals surface area contributed by atoms with Crippen LogP contribution in [0.4, 0.5) is 0 Å². The van der Waals surface area contributed by atoms with Gasteiger partial charge < -0.3 is 9.47 Å². The molecule has 1 rings (SSSR count). The van der Waals surface area contributed by atoms with E-state index in [0.717, 1.165) is 6.42 Å². The Labute approximate surface area is 89.2 Å². The normalized spacial score (nSPS) is 10.0. The molecule has 1 aromatic rings. The van der Waals surface area contributed by atoms with Gasteiger partial charge in [-0.25, -0.2) is 4.98 Å². The van der Waals surface area contributed by atoms with E-state index >= 15 is 0 Å². The molecule has 0 atom stereocenters. The second kappa shape index (κ2) is 6.14. The summed E-state index contributed by atoms with van der Waals surface area (Å²) < 4.78 is 10.2. The number of ketones is 1. The van der Waals surface area contributed by atoms with Crippen LogP contribution < -0.4 is 4.74 Å². The number of rotatable bonds is 6. The molecule has 15 heavy (non-hydrogen) atoms. The van der Waals surface area contributed by atoms with Crippen LogP contribution in [0, 0.1) is 0 Å². The van der Waals surface area contributed by atoms with Crippen LogP contribution in [0.3, 0.4) is 0 Å². The fourth-order valence-corrected chi connectivity index (χ4v) is 1.15. The summed E-state index contributed by atoms with van der Waals surface area (Å²) >= 11 is 0. The van der Waals surface area contributed by atoms with Crippen LogP contribution in [0.5, 0.6) is 5.88 Å². The summed E-state index contributed by atoms with van der Waals surface area (Å²) in [7, 11) is 1.49. The Kier molecular flexibility index (Phi) is 4.77. The zero-order chi connectivity index (χ0) is 11.1. The molecule has 4 heteroatoms. The average molecular weight is 209 g/mol. The van der Waals surface area contributed by atoms with Crippen molar-refractivity contribution in [3.05, 3.63) is 23.9 Å². The summed E-state index contributed by atoms with van der Waals surface area (Å²) in [6.45, 7) is 2.67. The van der Waals surface area contributed by atoms with E-state index in [1.54, 1.807) is 18.3 Å². The minimum atomic E-state index is -0.103. The molecule has 0 aliphatic rings. The maximum atomic E-state index is 11.7. The van der Waals surface area contributed by atoms with Gasteiger partial charge in [0.05, 0.1) is 12.7 Å². The van der Waals surface area contributed by atoms with E-state index in [0.29, 0.717) is 18.1 Å². The van der Waals surface area contributed by atoms with E-state index in [1.165, 1.54) is 7.11 Å². The van der Waals surface area contributed by atoms with E-state index in [1.807, 2.05) is 6.92 Å². The van der Waals surface area contributed by atoms with Gasteiger partial charge in [0.25, 0.3) is 0 Å². The molecule has 0 N–H and O–H groups in total. The van der Waals surface area contributed by atoms with Crippen molar-refractivity contribution < 1.29 is 14.3 Å². The van der Waals surface area contributed by atoms with Crippen molar-refractivity contribution in [1.29, 1.82) is 0 Å². The Morgan fingerprint density at radius 1 is 1.53 bits per heavy atom. The number of aromatic nitrogens is 1. The third-order valence-electron chi connectivity index (χ3n) is 1.85. The molecule has 0 bridgehead atoms. The molecule has 0 unspecified atom stereocenters. The average Bonchev–Trinajstić information content (AvgIpc) is 2.29. The molecule has 0 saturated heterocycles. The summed E-state index contributed by atoms with van der Waals surface area (Å²) in [5.41, 5.74) is 0.469. The number of ether oxygens (including phenoxy) is 2. The van der Waals surface area contributed by atoms with Crippen LogP contribution in [-0.4, -0.2) is 31.1 Å². The summed E-state index contributed by atoms with van der Waals surface area (Å²) in [6, 6.07) is 3.39. The molecule has 82 valence electrons. The van der Waals surface area contributed by atoms with Crippen molar-refractivity contribution in [2.45, 2.75) is 13.3 Å². The van der Waals surface area contributed by atoms with Gasteiger partial charge in [-0.1, -0.05) is 6.92 Å². The maximum absolute atomic E-state index is 11.7. The standard InChI is InChI=1S/C11H15NO3/c1-3-7-15-8-10(13)9-5-4-6-12-11(9)14-2/h4-6H,3,7-8H2,1-2H3. The third kappa shape index (κ3) is 3.32. The minimum absolute atomic E-state index is 0.0793. The second-order valence-electron chi connectivity index (χ2n) is 3.04. The Hall–Kier alpha value is -1.42. The Balaban J connectivity index is 2.64. The summed E-state index contributed by atoms with van der Waals surface area (Å²) in [5.74, 6) is 0.246. The van der Waals surface area contributed by atoms with Gasteiger partial charge in [-0.15, -0.1) is 0 Å². The smallest absolute Gasteiger partial charge is 0.224 e. The lowest BCUT2D eigenvalue weighted by molar-refractivity contribution is 0.0758. The van der Waals surface area contributed by atoms with Crippen molar-refractivity contribution in [3.8, 4) is 5.88 Å². The van der Waals surface area contributed by atoms with Gasteiger partial charge in [0, 0.05) is 12.8 Å². The third-order valence-corrected chi connectivity index (χ3v) is 1.85. The van der Waals surface area contributed by atoms with Gasteiger partial charge in [-0.3, -0.25) is 4.79 Å². The molecule has 0 aliphatic carbocycles. The molecular formula is C11H15NO3. The minimum Gasteiger partial charge on any atom is -0.480 e.